The van der Waals surface area contributed by atoms with Gasteiger partial charge in [0.05, 0.1) is 6.10 Å². The maximum Gasteiger partial charge on any atom is 0.254 e. The van der Waals surface area contributed by atoms with E-state index in [9.17, 15) is 14.3 Å². The van der Waals surface area contributed by atoms with Crippen molar-refractivity contribution in [3.8, 4) is 0 Å². The van der Waals surface area contributed by atoms with Crippen LogP contribution in [0.3, 0.4) is 0 Å². The van der Waals surface area contributed by atoms with Crippen LogP contribution in [-0.2, 0) is 0 Å². The van der Waals surface area contributed by atoms with Crippen molar-refractivity contribution >= 4 is 5.91 Å². The summed E-state index contributed by atoms with van der Waals surface area (Å²) in [5, 5.41) is 9.62. The molecule has 2 rings (SSSR count). The van der Waals surface area contributed by atoms with E-state index in [2.05, 4.69) is 0 Å². The molecule has 0 saturated carbocycles. The zero-order valence-corrected chi connectivity index (χ0v) is 9.98. The molecule has 1 aliphatic rings. The summed E-state index contributed by atoms with van der Waals surface area (Å²) in [5.41, 5.74) is 0.0961. The lowest BCUT2D eigenvalue weighted by molar-refractivity contribution is 0.0641. The minimum absolute atomic E-state index is 0.161. The summed E-state index contributed by atoms with van der Waals surface area (Å²) in [7, 11) is 0. The molecular weight excluding hydrogens is 221 g/mol. The molecule has 92 valence electrons. The molecule has 1 aromatic rings. The van der Waals surface area contributed by atoms with E-state index in [0.29, 0.717) is 18.5 Å². The van der Waals surface area contributed by atoms with Gasteiger partial charge in [-0.3, -0.25) is 4.79 Å². The lowest BCUT2D eigenvalue weighted by Gasteiger charge is -2.31. The fourth-order valence-corrected chi connectivity index (χ4v) is 2.32. The normalized spacial score (nSPS) is 22.8. The van der Waals surface area contributed by atoms with Gasteiger partial charge in [-0.2, -0.15) is 0 Å². The molecule has 1 amide bonds. The second-order valence-electron chi connectivity index (χ2n) is 5.09. The van der Waals surface area contributed by atoms with Crippen LogP contribution >= 0.6 is 0 Å². The van der Waals surface area contributed by atoms with Gasteiger partial charge < -0.3 is 10.0 Å². The van der Waals surface area contributed by atoms with Gasteiger partial charge in [-0.1, -0.05) is 0 Å². The fourth-order valence-electron chi connectivity index (χ4n) is 2.32. The Morgan fingerprint density at radius 3 is 2.47 bits per heavy atom. The molecule has 17 heavy (non-hydrogen) atoms. The third kappa shape index (κ3) is 2.31. The van der Waals surface area contributed by atoms with Gasteiger partial charge in [0.1, 0.15) is 5.82 Å². The average Bonchev–Trinajstić information content (AvgIpc) is 2.52. The molecule has 3 nitrogen and oxygen atoms in total. The summed E-state index contributed by atoms with van der Waals surface area (Å²) < 4.78 is 12.8. The summed E-state index contributed by atoms with van der Waals surface area (Å²) in [4.78, 5) is 13.9. The molecule has 4 heteroatoms. The number of carbonyl (C=O) groups is 1. The summed E-state index contributed by atoms with van der Waals surface area (Å²) in [5.74, 6) is -0.520. The second-order valence-corrected chi connectivity index (χ2v) is 5.09. The highest BCUT2D eigenvalue weighted by atomic mass is 19.1. The number of amides is 1. The Balaban J connectivity index is 2.23. The smallest absolute Gasteiger partial charge is 0.254 e. The minimum atomic E-state index is -0.477. The first-order valence-corrected chi connectivity index (χ1v) is 5.66. The molecule has 1 unspecified atom stereocenters. The van der Waals surface area contributed by atoms with Gasteiger partial charge in [0.2, 0.25) is 0 Å². The Bertz CT molecular complexity index is 428. The van der Waals surface area contributed by atoms with E-state index >= 15 is 0 Å². The van der Waals surface area contributed by atoms with Crippen molar-refractivity contribution in [2.45, 2.75) is 31.9 Å². The van der Waals surface area contributed by atoms with E-state index in [1.165, 1.54) is 24.3 Å². The van der Waals surface area contributed by atoms with Crippen molar-refractivity contribution in [3.63, 3.8) is 0 Å². The summed E-state index contributed by atoms with van der Waals surface area (Å²) in [6.45, 7) is 4.18. The van der Waals surface area contributed by atoms with Crippen LogP contribution in [0.25, 0.3) is 0 Å². The van der Waals surface area contributed by atoms with E-state index in [0.717, 1.165) is 0 Å². The molecule has 1 heterocycles. The molecule has 0 spiro atoms. The summed E-state index contributed by atoms with van der Waals surface area (Å²) in [6, 6.07) is 5.48. The number of carbonyl (C=O) groups excluding carboxylic acids is 1. The lowest BCUT2D eigenvalue weighted by atomic mass is 10.0. The Kier molecular flexibility index (Phi) is 2.91. The molecule has 1 N–H and O–H groups in total. The largest absolute Gasteiger partial charge is 0.391 e. The first kappa shape index (κ1) is 12.0. The van der Waals surface area contributed by atoms with Crippen LogP contribution in [0.2, 0.25) is 0 Å². The highest BCUT2D eigenvalue weighted by molar-refractivity contribution is 5.94. The van der Waals surface area contributed by atoms with Crippen molar-refractivity contribution < 1.29 is 14.3 Å². The Hall–Kier alpha value is -1.42. The third-order valence-corrected chi connectivity index (χ3v) is 3.20. The fraction of sp³-hybridized carbons (Fsp3) is 0.462. The van der Waals surface area contributed by atoms with Gasteiger partial charge >= 0.3 is 0 Å². The molecule has 0 bridgehead atoms. The van der Waals surface area contributed by atoms with Gasteiger partial charge in [-0.05, 0) is 44.5 Å². The van der Waals surface area contributed by atoms with Gasteiger partial charge in [-0.25, -0.2) is 4.39 Å². The number of hydrogen-bond acceptors (Lipinski definition) is 2. The van der Waals surface area contributed by atoms with Crippen molar-refractivity contribution in [2.24, 2.45) is 0 Å². The SMILES string of the molecule is CC1(C)CC(O)CN1C(=O)c1ccc(F)cc1. The molecule has 1 fully saturated rings. The van der Waals surface area contributed by atoms with Crippen molar-refractivity contribution in [2.75, 3.05) is 6.54 Å². The number of halogens is 1. The first-order valence-electron chi connectivity index (χ1n) is 5.66. The number of benzene rings is 1. The molecule has 0 aliphatic carbocycles. The zero-order valence-electron chi connectivity index (χ0n) is 9.98. The number of aliphatic hydroxyl groups is 1. The van der Waals surface area contributed by atoms with Gasteiger partial charge in [0.15, 0.2) is 0 Å². The quantitative estimate of drug-likeness (QED) is 0.809. The maximum absolute atomic E-state index is 12.8. The van der Waals surface area contributed by atoms with E-state index in [1.807, 2.05) is 13.8 Å². The molecule has 1 aromatic carbocycles. The van der Waals surface area contributed by atoms with Crippen LogP contribution in [0, 0.1) is 5.82 Å². The number of hydrogen-bond donors (Lipinski definition) is 1. The van der Waals surface area contributed by atoms with E-state index < -0.39 is 6.10 Å². The molecular formula is C13H16FNO2. The number of nitrogens with zero attached hydrogens (tertiary/aromatic N) is 1. The molecule has 1 saturated heterocycles. The standard InChI is InChI=1S/C13H16FNO2/c1-13(2)7-11(16)8-15(13)12(17)9-3-5-10(14)6-4-9/h3-6,11,16H,7-8H2,1-2H3. The predicted molar refractivity (Wildman–Crippen MR) is 62.1 cm³/mol. The monoisotopic (exact) mass is 237 g/mol. The first-order chi connectivity index (χ1) is 7.90. The van der Waals surface area contributed by atoms with Crippen molar-refractivity contribution in [3.05, 3.63) is 35.6 Å². The molecule has 1 atom stereocenters. The minimum Gasteiger partial charge on any atom is -0.391 e. The highest BCUT2D eigenvalue weighted by Gasteiger charge is 2.40. The number of likely N-dealkylation sites (tertiary alicyclic amines) is 1. The van der Waals surface area contributed by atoms with Crippen LogP contribution in [0.15, 0.2) is 24.3 Å². The van der Waals surface area contributed by atoms with Crippen molar-refractivity contribution in [1.29, 1.82) is 0 Å². The van der Waals surface area contributed by atoms with Gasteiger partial charge in [0, 0.05) is 17.6 Å². The lowest BCUT2D eigenvalue weighted by Crippen LogP contribution is -2.42. The van der Waals surface area contributed by atoms with E-state index in [1.54, 1.807) is 4.90 Å². The number of rotatable bonds is 1. The van der Waals surface area contributed by atoms with Crippen LogP contribution in [0.5, 0.6) is 0 Å². The van der Waals surface area contributed by atoms with Gasteiger partial charge in [-0.15, -0.1) is 0 Å². The van der Waals surface area contributed by atoms with Crippen LogP contribution < -0.4 is 0 Å². The van der Waals surface area contributed by atoms with Gasteiger partial charge in [0.25, 0.3) is 5.91 Å². The number of aliphatic hydroxyl groups excluding tert-OH is 1. The topological polar surface area (TPSA) is 40.5 Å². The second kappa shape index (κ2) is 4.11. The predicted octanol–water partition coefficient (Wildman–Crippen LogP) is 1.81. The van der Waals surface area contributed by atoms with E-state index in [-0.39, 0.29) is 17.3 Å². The Labute approximate surface area is 99.9 Å². The summed E-state index contributed by atoms with van der Waals surface area (Å²) in [6.07, 6.45) is 0.0920. The van der Waals surface area contributed by atoms with Crippen LogP contribution in [0.1, 0.15) is 30.6 Å². The number of β-amino-alcohol motifs (C(OH)–C–C–N with tert-alkyl or cyclic N) is 1. The zero-order chi connectivity index (χ0) is 12.6. The average molecular weight is 237 g/mol. The Morgan fingerprint density at radius 2 is 2.00 bits per heavy atom. The highest BCUT2D eigenvalue weighted by Crippen LogP contribution is 2.30. The molecule has 0 aromatic heterocycles. The Morgan fingerprint density at radius 1 is 1.41 bits per heavy atom. The third-order valence-electron chi connectivity index (χ3n) is 3.20. The van der Waals surface area contributed by atoms with E-state index in [4.69, 9.17) is 0 Å². The molecule has 0 radical (unpaired) electrons. The van der Waals surface area contributed by atoms with Crippen LogP contribution in [0.4, 0.5) is 4.39 Å². The van der Waals surface area contributed by atoms with Crippen LogP contribution in [-0.4, -0.2) is 34.1 Å². The van der Waals surface area contributed by atoms with Crippen molar-refractivity contribution in [1.82, 2.24) is 4.90 Å². The summed E-state index contributed by atoms with van der Waals surface area (Å²) >= 11 is 0. The maximum atomic E-state index is 12.8. The molecule has 1 aliphatic heterocycles.